The highest BCUT2D eigenvalue weighted by Crippen LogP contribution is 2.24. The molecule has 0 fully saturated rings. The van der Waals surface area contributed by atoms with E-state index in [1.165, 1.54) is 5.56 Å². The summed E-state index contributed by atoms with van der Waals surface area (Å²) in [7, 11) is 0. The van der Waals surface area contributed by atoms with E-state index in [9.17, 15) is 0 Å². The Kier molecular flexibility index (Phi) is 4.89. The van der Waals surface area contributed by atoms with Gasteiger partial charge in [0.15, 0.2) is 0 Å². The molecule has 0 bridgehead atoms. The fraction of sp³-hybridized carbons (Fsp3) is 0.600. The number of thiophene rings is 1. The maximum absolute atomic E-state index is 8.77. The zero-order valence-corrected chi connectivity index (χ0v) is 10.0. The van der Waals surface area contributed by atoms with Crippen molar-refractivity contribution in [2.75, 3.05) is 6.61 Å². The Balaban J connectivity index is 2.45. The summed E-state index contributed by atoms with van der Waals surface area (Å²) in [6.45, 7) is 4.40. The maximum Gasteiger partial charge on any atom is 0.0931 e. The zero-order chi connectivity index (χ0) is 10.6. The van der Waals surface area contributed by atoms with Gasteiger partial charge in [-0.25, -0.2) is 0 Å². The van der Waals surface area contributed by atoms with Crippen LogP contribution in [0.15, 0.2) is 11.4 Å². The number of rotatable bonds is 5. The van der Waals surface area contributed by atoms with Crippen LogP contribution in [-0.4, -0.2) is 17.8 Å². The smallest absolute Gasteiger partial charge is 0.0931 e. The number of hydrogen-bond donors (Lipinski definition) is 2. The Morgan fingerprint density at radius 1 is 1.57 bits per heavy atom. The standard InChI is InChI=1S/C10H16ClNOS/c1-7(3-4-13)12-8(2)9-5-10(11)14-6-9/h5-8,12-13H,3-4H2,1-2H3. The molecule has 1 rings (SSSR count). The molecule has 2 N–H and O–H groups in total. The lowest BCUT2D eigenvalue weighted by atomic mass is 10.1. The summed E-state index contributed by atoms with van der Waals surface area (Å²) >= 11 is 7.40. The summed E-state index contributed by atoms with van der Waals surface area (Å²) in [5.74, 6) is 0. The summed E-state index contributed by atoms with van der Waals surface area (Å²) in [5, 5.41) is 14.2. The summed E-state index contributed by atoms with van der Waals surface area (Å²) in [4.78, 5) is 0. The van der Waals surface area contributed by atoms with Crippen molar-refractivity contribution >= 4 is 22.9 Å². The maximum atomic E-state index is 8.77. The van der Waals surface area contributed by atoms with E-state index in [0.29, 0.717) is 12.1 Å². The molecule has 2 nitrogen and oxygen atoms in total. The van der Waals surface area contributed by atoms with Gasteiger partial charge in [0, 0.05) is 18.7 Å². The molecule has 2 unspecified atom stereocenters. The fourth-order valence-corrected chi connectivity index (χ4v) is 2.34. The van der Waals surface area contributed by atoms with Crippen LogP contribution in [-0.2, 0) is 0 Å². The van der Waals surface area contributed by atoms with Gasteiger partial charge in [-0.3, -0.25) is 0 Å². The third-order valence-electron chi connectivity index (χ3n) is 2.18. The largest absolute Gasteiger partial charge is 0.396 e. The Hall–Kier alpha value is -0.0900. The molecule has 1 aromatic heterocycles. The van der Waals surface area contributed by atoms with Gasteiger partial charge >= 0.3 is 0 Å². The van der Waals surface area contributed by atoms with Crippen LogP contribution >= 0.6 is 22.9 Å². The minimum absolute atomic E-state index is 0.227. The van der Waals surface area contributed by atoms with Gasteiger partial charge in [0.1, 0.15) is 0 Å². The number of aliphatic hydroxyl groups is 1. The van der Waals surface area contributed by atoms with Gasteiger partial charge < -0.3 is 10.4 Å². The second kappa shape index (κ2) is 5.71. The van der Waals surface area contributed by atoms with Crippen molar-refractivity contribution in [2.24, 2.45) is 0 Å². The van der Waals surface area contributed by atoms with Crippen LogP contribution in [0.25, 0.3) is 0 Å². The normalized spacial score (nSPS) is 15.4. The minimum atomic E-state index is 0.227. The van der Waals surface area contributed by atoms with E-state index in [0.717, 1.165) is 10.8 Å². The molecule has 0 spiro atoms. The molecule has 0 aromatic carbocycles. The van der Waals surface area contributed by atoms with Crippen molar-refractivity contribution < 1.29 is 5.11 Å². The van der Waals surface area contributed by atoms with E-state index in [2.05, 4.69) is 24.5 Å². The quantitative estimate of drug-likeness (QED) is 0.820. The first-order valence-electron chi connectivity index (χ1n) is 4.74. The molecule has 0 aliphatic carbocycles. The summed E-state index contributed by atoms with van der Waals surface area (Å²) in [6, 6.07) is 2.60. The van der Waals surface area contributed by atoms with Crippen LogP contribution in [0, 0.1) is 0 Å². The van der Waals surface area contributed by atoms with Crippen LogP contribution in [0.1, 0.15) is 31.9 Å². The Labute approximate surface area is 93.9 Å². The number of halogens is 1. The molecular weight excluding hydrogens is 218 g/mol. The molecule has 2 atom stereocenters. The van der Waals surface area contributed by atoms with Crippen molar-refractivity contribution in [1.82, 2.24) is 5.32 Å². The van der Waals surface area contributed by atoms with Gasteiger partial charge in [-0.1, -0.05) is 11.6 Å². The zero-order valence-electron chi connectivity index (χ0n) is 8.46. The lowest BCUT2D eigenvalue weighted by molar-refractivity contribution is 0.264. The van der Waals surface area contributed by atoms with Crippen molar-refractivity contribution in [3.63, 3.8) is 0 Å². The number of hydrogen-bond acceptors (Lipinski definition) is 3. The Bertz CT molecular complexity index is 277. The first-order chi connectivity index (χ1) is 6.63. The highest BCUT2D eigenvalue weighted by molar-refractivity contribution is 7.14. The molecule has 0 aliphatic heterocycles. The summed E-state index contributed by atoms with van der Waals surface area (Å²) in [6.07, 6.45) is 0.780. The van der Waals surface area contributed by atoms with Crippen LogP contribution in [0.4, 0.5) is 0 Å². The average Bonchev–Trinajstić information content (AvgIpc) is 2.52. The van der Waals surface area contributed by atoms with Crippen LogP contribution in [0.3, 0.4) is 0 Å². The average molecular weight is 234 g/mol. The monoisotopic (exact) mass is 233 g/mol. The molecule has 0 aliphatic rings. The lowest BCUT2D eigenvalue weighted by Crippen LogP contribution is -2.29. The molecule has 0 radical (unpaired) electrons. The predicted octanol–water partition coefficient (Wildman–Crippen LogP) is 2.82. The first-order valence-corrected chi connectivity index (χ1v) is 6.00. The van der Waals surface area contributed by atoms with Gasteiger partial charge in [0.05, 0.1) is 4.34 Å². The number of aliphatic hydroxyl groups excluding tert-OH is 1. The third-order valence-corrected chi connectivity index (χ3v) is 3.29. The molecule has 1 heterocycles. The van der Waals surface area contributed by atoms with Gasteiger partial charge in [-0.2, -0.15) is 0 Å². The van der Waals surface area contributed by atoms with E-state index >= 15 is 0 Å². The van der Waals surface area contributed by atoms with Crippen molar-refractivity contribution in [1.29, 1.82) is 0 Å². The van der Waals surface area contributed by atoms with Gasteiger partial charge in [0.25, 0.3) is 0 Å². The first kappa shape index (κ1) is 12.0. The molecule has 0 amide bonds. The van der Waals surface area contributed by atoms with Crippen molar-refractivity contribution in [3.05, 3.63) is 21.3 Å². The molecular formula is C10H16ClNOS. The Morgan fingerprint density at radius 3 is 2.79 bits per heavy atom. The molecule has 0 saturated carbocycles. The second-order valence-electron chi connectivity index (χ2n) is 3.49. The van der Waals surface area contributed by atoms with Crippen LogP contribution in [0.2, 0.25) is 4.34 Å². The molecule has 80 valence electrons. The predicted molar refractivity (Wildman–Crippen MR) is 62.0 cm³/mol. The fourth-order valence-electron chi connectivity index (χ4n) is 1.35. The van der Waals surface area contributed by atoms with E-state index in [4.69, 9.17) is 16.7 Å². The molecule has 4 heteroatoms. The number of nitrogens with one attached hydrogen (secondary N) is 1. The SMILES string of the molecule is CC(CCO)NC(C)c1csc(Cl)c1. The lowest BCUT2D eigenvalue weighted by Gasteiger charge is -2.18. The van der Waals surface area contributed by atoms with E-state index < -0.39 is 0 Å². The van der Waals surface area contributed by atoms with Crippen molar-refractivity contribution in [3.8, 4) is 0 Å². The second-order valence-corrected chi connectivity index (χ2v) is 5.03. The topological polar surface area (TPSA) is 32.3 Å². The van der Waals surface area contributed by atoms with Gasteiger partial charge in [-0.15, -0.1) is 11.3 Å². The molecule has 14 heavy (non-hydrogen) atoms. The van der Waals surface area contributed by atoms with Gasteiger partial charge in [-0.05, 0) is 37.3 Å². The van der Waals surface area contributed by atoms with E-state index in [-0.39, 0.29) is 6.61 Å². The van der Waals surface area contributed by atoms with Gasteiger partial charge in [0.2, 0.25) is 0 Å². The van der Waals surface area contributed by atoms with Crippen LogP contribution in [0.5, 0.6) is 0 Å². The molecule has 1 aromatic rings. The molecule has 0 saturated heterocycles. The van der Waals surface area contributed by atoms with E-state index in [1.54, 1.807) is 11.3 Å². The summed E-state index contributed by atoms with van der Waals surface area (Å²) in [5.41, 5.74) is 1.21. The highest BCUT2D eigenvalue weighted by atomic mass is 35.5. The van der Waals surface area contributed by atoms with Crippen LogP contribution < -0.4 is 5.32 Å². The highest BCUT2D eigenvalue weighted by Gasteiger charge is 2.10. The summed E-state index contributed by atoms with van der Waals surface area (Å²) < 4.78 is 0.823. The van der Waals surface area contributed by atoms with E-state index in [1.807, 2.05) is 6.07 Å². The third kappa shape index (κ3) is 3.58. The minimum Gasteiger partial charge on any atom is -0.396 e. The Morgan fingerprint density at radius 2 is 2.29 bits per heavy atom. The van der Waals surface area contributed by atoms with Crippen molar-refractivity contribution in [2.45, 2.75) is 32.4 Å².